The molecule has 4 nitrogen and oxygen atoms in total. The number of hydrogen-bond donors (Lipinski definition) is 0. The first kappa shape index (κ1) is 11.1. The second-order valence-corrected chi connectivity index (χ2v) is 3.31. The first-order valence-corrected chi connectivity index (χ1v) is 4.83. The SMILES string of the molecule is CCOC(=O)c1cn(C)nc1C(F)P. The minimum Gasteiger partial charge on any atom is -0.462 e. The Kier molecular flexibility index (Phi) is 3.58. The molecule has 0 aliphatic heterocycles. The van der Waals surface area contributed by atoms with Crippen molar-refractivity contribution in [3.8, 4) is 0 Å². The monoisotopic (exact) mass is 218 g/mol. The lowest BCUT2D eigenvalue weighted by molar-refractivity contribution is 0.0524. The van der Waals surface area contributed by atoms with Gasteiger partial charge in [0, 0.05) is 13.2 Å². The molecule has 78 valence electrons. The van der Waals surface area contributed by atoms with Gasteiger partial charge in [-0.3, -0.25) is 4.68 Å². The zero-order valence-corrected chi connectivity index (χ0v) is 9.18. The van der Waals surface area contributed by atoms with Crippen molar-refractivity contribution in [1.29, 1.82) is 0 Å². The summed E-state index contributed by atoms with van der Waals surface area (Å²) in [7, 11) is 3.57. The van der Waals surface area contributed by atoms with E-state index in [4.69, 9.17) is 4.74 Å². The first-order chi connectivity index (χ1) is 6.56. The smallest absolute Gasteiger partial charge is 0.341 e. The van der Waals surface area contributed by atoms with Gasteiger partial charge in [0.25, 0.3) is 0 Å². The van der Waals surface area contributed by atoms with Crippen LogP contribution in [-0.2, 0) is 11.8 Å². The van der Waals surface area contributed by atoms with Crippen molar-refractivity contribution in [1.82, 2.24) is 9.78 Å². The maximum atomic E-state index is 13.0. The Morgan fingerprint density at radius 3 is 3.00 bits per heavy atom. The predicted molar refractivity (Wildman–Crippen MR) is 52.7 cm³/mol. The molecular weight excluding hydrogens is 206 g/mol. The van der Waals surface area contributed by atoms with E-state index in [0.717, 1.165) is 0 Å². The molecular formula is C8H12FN2O2P. The molecule has 0 fully saturated rings. The molecule has 0 bridgehead atoms. The number of esters is 1. The molecule has 2 atom stereocenters. The predicted octanol–water partition coefficient (Wildman–Crippen LogP) is 1.44. The molecule has 2 unspecified atom stereocenters. The summed E-state index contributed by atoms with van der Waals surface area (Å²) in [4.78, 5) is 11.3. The Morgan fingerprint density at radius 1 is 1.86 bits per heavy atom. The number of rotatable bonds is 3. The van der Waals surface area contributed by atoms with Crippen molar-refractivity contribution in [3.05, 3.63) is 17.5 Å². The van der Waals surface area contributed by atoms with Crippen LogP contribution in [0.15, 0.2) is 6.20 Å². The Labute approximate surface area is 83.6 Å². The molecule has 0 amide bonds. The third-order valence-corrected chi connectivity index (χ3v) is 1.93. The van der Waals surface area contributed by atoms with Gasteiger partial charge in [0.2, 0.25) is 0 Å². The van der Waals surface area contributed by atoms with Crippen molar-refractivity contribution < 1.29 is 13.9 Å². The van der Waals surface area contributed by atoms with Gasteiger partial charge in [0.05, 0.1) is 6.61 Å². The Balaban J connectivity index is 3.00. The van der Waals surface area contributed by atoms with Crippen LogP contribution in [0.2, 0.25) is 0 Å². The molecule has 0 aromatic carbocycles. The molecule has 0 spiro atoms. The summed E-state index contributed by atoms with van der Waals surface area (Å²) in [6, 6.07) is 0. The van der Waals surface area contributed by atoms with Crippen LogP contribution in [0.4, 0.5) is 4.39 Å². The summed E-state index contributed by atoms with van der Waals surface area (Å²) in [6.07, 6.45) is 1.45. The molecule has 1 aromatic rings. The van der Waals surface area contributed by atoms with Crippen LogP contribution in [0.1, 0.15) is 28.9 Å². The molecule has 0 aliphatic rings. The number of nitrogens with zero attached hydrogens (tertiary/aromatic N) is 2. The fourth-order valence-corrected chi connectivity index (χ4v) is 1.32. The topological polar surface area (TPSA) is 44.1 Å². The van der Waals surface area contributed by atoms with Crippen LogP contribution in [-0.4, -0.2) is 22.4 Å². The Hall–Kier alpha value is -0.960. The average Bonchev–Trinajstić information content (AvgIpc) is 2.48. The van der Waals surface area contributed by atoms with Gasteiger partial charge in [0.15, 0.2) is 5.91 Å². The van der Waals surface area contributed by atoms with E-state index in [9.17, 15) is 9.18 Å². The van der Waals surface area contributed by atoms with Gasteiger partial charge in [-0.2, -0.15) is 5.10 Å². The number of carbonyl (C=O) groups excluding carboxylic acids is 1. The van der Waals surface area contributed by atoms with Crippen molar-refractivity contribution in [2.24, 2.45) is 7.05 Å². The highest BCUT2D eigenvalue weighted by Gasteiger charge is 2.20. The van der Waals surface area contributed by atoms with E-state index in [1.807, 2.05) is 9.24 Å². The maximum absolute atomic E-state index is 13.0. The van der Waals surface area contributed by atoms with E-state index in [0.29, 0.717) is 0 Å². The number of carbonyl (C=O) groups is 1. The third-order valence-electron chi connectivity index (χ3n) is 1.61. The molecule has 0 N–H and O–H groups in total. The summed E-state index contributed by atoms with van der Waals surface area (Å²) in [5.74, 6) is -1.89. The molecule has 1 rings (SSSR count). The van der Waals surface area contributed by atoms with Crippen LogP contribution >= 0.6 is 9.24 Å². The highest BCUT2D eigenvalue weighted by molar-refractivity contribution is 7.16. The van der Waals surface area contributed by atoms with Crippen LogP contribution < -0.4 is 0 Å². The molecule has 14 heavy (non-hydrogen) atoms. The van der Waals surface area contributed by atoms with Crippen molar-refractivity contribution in [2.75, 3.05) is 6.61 Å². The first-order valence-electron chi connectivity index (χ1n) is 4.16. The van der Waals surface area contributed by atoms with Gasteiger partial charge >= 0.3 is 5.97 Å². The number of aromatic nitrogens is 2. The molecule has 0 saturated heterocycles. The van der Waals surface area contributed by atoms with E-state index < -0.39 is 11.9 Å². The van der Waals surface area contributed by atoms with Gasteiger partial charge in [-0.25, -0.2) is 9.18 Å². The zero-order valence-electron chi connectivity index (χ0n) is 8.03. The van der Waals surface area contributed by atoms with Gasteiger partial charge in [-0.05, 0) is 6.92 Å². The summed E-state index contributed by atoms with van der Waals surface area (Å²) in [5.41, 5.74) is 0.271. The van der Waals surface area contributed by atoms with Gasteiger partial charge < -0.3 is 4.74 Å². The number of alkyl halides is 1. The average molecular weight is 218 g/mol. The number of halogens is 1. The molecule has 0 saturated carbocycles. The van der Waals surface area contributed by atoms with Crippen molar-refractivity contribution in [3.63, 3.8) is 0 Å². The normalized spacial score (nSPS) is 12.6. The maximum Gasteiger partial charge on any atom is 0.341 e. The lowest BCUT2D eigenvalue weighted by atomic mass is 10.2. The molecule has 0 aliphatic carbocycles. The van der Waals surface area contributed by atoms with E-state index >= 15 is 0 Å². The van der Waals surface area contributed by atoms with Crippen molar-refractivity contribution in [2.45, 2.75) is 12.8 Å². The minimum absolute atomic E-state index is 0.0935. The fourth-order valence-electron chi connectivity index (χ4n) is 1.08. The zero-order chi connectivity index (χ0) is 10.7. The second kappa shape index (κ2) is 4.51. The minimum atomic E-state index is -1.35. The molecule has 0 radical (unpaired) electrons. The quantitative estimate of drug-likeness (QED) is 0.569. The van der Waals surface area contributed by atoms with Crippen LogP contribution in [0.25, 0.3) is 0 Å². The summed E-state index contributed by atoms with van der Waals surface area (Å²) in [5, 5.41) is 3.83. The molecule has 6 heteroatoms. The largest absolute Gasteiger partial charge is 0.462 e. The number of ether oxygens (including phenoxy) is 1. The van der Waals surface area contributed by atoms with Gasteiger partial charge in [-0.1, -0.05) is 9.24 Å². The summed E-state index contributed by atoms with van der Waals surface area (Å²) >= 11 is 0. The van der Waals surface area contributed by atoms with Gasteiger partial charge in [0.1, 0.15) is 11.3 Å². The standard InChI is InChI=1S/C8H12FN2O2P/c1-3-13-8(12)5-4-11(2)10-6(5)7(9)14/h4,7H,3,14H2,1-2H3. The van der Waals surface area contributed by atoms with Crippen LogP contribution in [0.3, 0.4) is 0 Å². The van der Waals surface area contributed by atoms with E-state index in [1.165, 1.54) is 10.9 Å². The number of hydrogen-bond acceptors (Lipinski definition) is 3. The summed E-state index contributed by atoms with van der Waals surface area (Å²) in [6.45, 7) is 1.96. The van der Waals surface area contributed by atoms with E-state index in [1.54, 1.807) is 14.0 Å². The molecule has 1 heterocycles. The highest BCUT2D eigenvalue weighted by Crippen LogP contribution is 2.26. The lowest BCUT2D eigenvalue weighted by Crippen LogP contribution is -2.06. The lowest BCUT2D eigenvalue weighted by Gasteiger charge is -2.01. The Morgan fingerprint density at radius 2 is 2.50 bits per heavy atom. The van der Waals surface area contributed by atoms with Crippen LogP contribution in [0, 0.1) is 0 Å². The molecule has 1 aromatic heterocycles. The van der Waals surface area contributed by atoms with E-state index in [2.05, 4.69) is 5.10 Å². The van der Waals surface area contributed by atoms with Crippen molar-refractivity contribution >= 4 is 15.2 Å². The Bertz CT molecular complexity index is 338. The highest BCUT2D eigenvalue weighted by atomic mass is 31.0. The third kappa shape index (κ3) is 2.29. The van der Waals surface area contributed by atoms with Crippen LogP contribution in [0.5, 0.6) is 0 Å². The van der Waals surface area contributed by atoms with E-state index in [-0.39, 0.29) is 17.9 Å². The fraction of sp³-hybridized carbons (Fsp3) is 0.500. The number of aryl methyl sites for hydroxylation is 1. The second-order valence-electron chi connectivity index (χ2n) is 2.72. The summed E-state index contributed by atoms with van der Waals surface area (Å²) < 4.78 is 19.1. The van der Waals surface area contributed by atoms with Gasteiger partial charge in [-0.15, -0.1) is 0 Å².